The molecule has 6 nitrogen and oxygen atoms in total. The van der Waals surface area contributed by atoms with E-state index in [1.54, 1.807) is 6.92 Å². The summed E-state index contributed by atoms with van der Waals surface area (Å²) in [5.41, 5.74) is 1.14. The lowest BCUT2D eigenvalue weighted by Crippen LogP contribution is -2.29. The summed E-state index contributed by atoms with van der Waals surface area (Å²) in [6.45, 7) is 5.96. The van der Waals surface area contributed by atoms with Crippen LogP contribution in [0, 0.1) is 12.8 Å². The third-order valence-electron chi connectivity index (χ3n) is 2.96. The summed E-state index contributed by atoms with van der Waals surface area (Å²) in [7, 11) is 0. The molecule has 19 heavy (non-hydrogen) atoms. The summed E-state index contributed by atoms with van der Waals surface area (Å²) < 4.78 is 5.00. The number of carboxylic acids is 1. The maximum absolute atomic E-state index is 12.0. The molecule has 0 aliphatic rings. The predicted molar refractivity (Wildman–Crippen MR) is 69.0 cm³/mol. The maximum atomic E-state index is 12.0. The number of aliphatic carboxylic acids is 1. The average Bonchev–Trinajstić information content (AvgIpc) is 2.74. The molecule has 1 aromatic heterocycles. The van der Waals surface area contributed by atoms with Gasteiger partial charge in [0.15, 0.2) is 0 Å². The molecule has 106 valence electrons. The second-order valence-electron chi connectivity index (χ2n) is 4.66. The lowest BCUT2D eigenvalue weighted by molar-refractivity contribution is -0.137. The number of carboxylic acid groups (broad SMARTS) is 1. The molecule has 0 bridgehead atoms. The normalized spacial score (nSPS) is 12.2. The molecule has 1 atom stereocenters. The Hall–Kier alpha value is -1.85. The Morgan fingerprint density at radius 1 is 1.47 bits per heavy atom. The fourth-order valence-corrected chi connectivity index (χ4v) is 1.78. The largest absolute Gasteiger partial charge is 0.481 e. The highest BCUT2D eigenvalue weighted by Gasteiger charge is 2.19. The molecule has 0 aliphatic heterocycles. The molecule has 0 aromatic carbocycles. The van der Waals surface area contributed by atoms with Crippen molar-refractivity contribution in [3.05, 3.63) is 17.0 Å². The van der Waals surface area contributed by atoms with Gasteiger partial charge in [-0.2, -0.15) is 0 Å². The lowest BCUT2D eigenvalue weighted by atomic mass is 10.1. The van der Waals surface area contributed by atoms with Gasteiger partial charge in [-0.1, -0.05) is 19.0 Å². The van der Waals surface area contributed by atoms with E-state index in [0.717, 1.165) is 0 Å². The van der Waals surface area contributed by atoms with E-state index in [0.29, 0.717) is 36.4 Å². The minimum atomic E-state index is -0.818. The van der Waals surface area contributed by atoms with Crippen LogP contribution in [0.3, 0.4) is 0 Å². The van der Waals surface area contributed by atoms with Crippen LogP contribution in [0.25, 0.3) is 0 Å². The molecule has 1 heterocycles. The minimum absolute atomic E-state index is 0.115. The van der Waals surface area contributed by atoms with Crippen molar-refractivity contribution in [1.82, 2.24) is 10.5 Å². The van der Waals surface area contributed by atoms with Gasteiger partial charge in [-0.05, 0) is 25.7 Å². The zero-order chi connectivity index (χ0) is 14.4. The van der Waals surface area contributed by atoms with Crippen LogP contribution in [0.5, 0.6) is 0 Å². The van der Waals surface area contributed by atoms with Crippen molar-refractivity contribution in [2.24, 2.45) is 5.92 Å². The van der Waals surface area contributed by atoms with E-state index >= 15 is 0 Å². The van der Waals surface area contributed by atoms with Gasteiger partial charge in [-0.15, -0.1) is 0 Å². The third-order valence-corrected chi connectivity index (χ3v) is 2.96. The van der Waals surface area contributed by atoms with E-state index in [1.165, 1.54) is 0 Å². The standard InChI is InChI=1S/C13H20N2O4/c1-4-10-12(9(3)19-15-10)13(18)14-7-8(2)5-6-11(16)17/h8H,4-7H2,1-3H3,(H,14,18)(H,16,17). The molecule has 0 spiro atoms. The van der Waals surface area contributed by atoms with Crippen LogP contribution in [0.15, 0.2) is 4.52 Å². The Bertz CT molecular complexity index is 453. The minimum Gasteiger partial charge on any atom is -0.481 e. The van der Waals surface area contributed by atoms with Gasteiger partial charge in [-0.25, -0.2) is 0 Å². The molecule has 0 saturated carbocycles. The number of nitrogens with one attached hydrogen (secondary N) is 1. The number of aryl methyl sites for hydroxylation is 2. The van der Waals surface area contributed by atoms with E-state index in [4.69, 9.17) is 9.63 Å². The van der Waals surface area contributed by atoms with Crippen molar-refractivity contribution in [2.75, 3.05) is 6.54 Å². The van der Waals surface area contributed by atoms with Crippen molar-refractivity contribution < 1.29 is 19.2 Å². The van der Waals surface area contributed by atoms with Crippen LogP contribution in [-0.2, 0) is 11.2 Å². The number of carbonyl (C=O) groups is 2. The van der Waals surface area contributed by atoms with Gasteiger partial charge < -0.3 is 14.9 Å². The number of aromatic nitrogens is 1. The molecule has 6 heteroatoms. The van der Waals surface area contributed by atoms with Crippen molar-refractivity contribution >= 4 is 11.9 Å². The number of hydrogen-bond acceptors (Lipinski definition) is 4. The highest BCUT2D eigenvalue weighted by Crippen LogP contribution is 2.14. The van der Waals surface area contributed by atoms with Crippen LogP contribution in [0.1, 0.15) is 48.5 Å². The van der Waals surface area contributed by atoms with Crippen LogP contribution in [-0.4, -0.2) is 28.7 Å². The van der Waals surface area contributed by atoms with Crippen molar-refractivity contribution in [2.45, 2.75) is 40.0 Å². The number of nitrogens with zero attached hydrogens (tertiary/aromatic N) is 1. The summed E-state index contributed by atoms with van der Waals surface area (Å²) in [5, 5.41) is 15.2. The molecular weight excluding hydrogens is 248 g/mol. The molecule has 1 aromatic rings. The van der Waals surface area contributed by atoms with Gasteiger partial charge in [0.1, 0.15) is 11.3 Å². The molecule has 0 aliphatic carbocycles. The molecular formula is C13H20N2O4. The topological polar surface area (TPSA) is 92.4 Å². The van der Waals surface area contributed by atoms with Gasteiger partial charge >= 0.3 is 5.97 Å². The SMILES string of the molecule is CCc1noc(C)c1C(=O)NCC(C)CCC(=O)O. The van der Waals surface area contributed by atoms with E-state index in [2.05, 4.69) is 10.5 Å². The Labute approximate surface area is 112 Å². The number of carbonyl (C=O) groups excluding carboxylic acids is 1. The van der Waals surface area contributed by atoms with Gasteiger partial charge in [0, 0.05) is 13.0 Å². The van der Waals surface area contributed by atoms with Crippen LogP contribution in [0.4, 0.5) is 0 Å². The van der Waals surface area contributed by atoms with Crippen molar-refractivity contribution in [1.29, 1.82) is 0 Å². The van der Waals surface area contributed by atoms with Crippen molar-refractivity contribution in [3.8, 4) is 0 Å². The first-order chi connectivity index (χ1) is 8.95. The Kier molecular flexibility index (Phi) is 5.54. The Morgan fingerprint density at radius 3 is 2.74 bits per heavy atom. The summed E-state index contributed by atoms with van der Waals surface area (Å²) in [6, 6.07) is 0. The first-order valence-corrected chi connectivity index (χ1v) is 6.40. The Morgan fingerprint density at radius 2 is 2.16 bits per heavy atom. The summed E-state index contributed by atoms with van der Waals surface area (Å²) in [5.74, 6) is -0.406. The molecule has 1 unspecified atom stereocenters. The number of hydrogen-bond donors (Lipinski definition) is 2. The predicted octanol–water partition coefficient (Wildman–Crippen LogP) is 1.78. The van der Waals surface area contributed by atoms with E-state index in [1.807, 2.05) is 13.8 Å². The second-order valence-corrected chi connectivity index (χ2v) is 4.66. The van der Waals surface area contributed by atoms with Gasteiger partial charge in [0.2, 0.25) is 0 Å². The molecule has 0 saturated heterocycles. The molecule has 1 amide bonds. The van der Waals surface area contributed by atoms with Gasteiger partial charge in [-0.3, -0.25) is 9.59 Å². The highest BCUT2D eigenvalue weighted by atomic mass is 16.5. The number of rotatable bonds is 7. The number of amides is 1. The third kappa shape index (κ3) is 4.39. The molecule has 0 fully saturated rings. The lowest BCUT2D eigenvalue weighted by Gasteiger charge is -2.11. The maximum Gasteiger partial charge on any atom is 0.303 e. The molecule has 1 rings (SSSR count). The second kappa shape index (κ2) is 6.92. The molecule has 2 N–H and O–H groups in total. The van der Waals surface area contributed by atoms with Gasteiger partial charge in [0.05, 0.1) is 5.69 Å². The van der Waals surface area contributed by atoms with E-state index < -0.39 is 5.97 Å². The summed E-state index contributed by atoms with van der Waals surface area (Å²) in [4.78, 5) is 22.5. The summed E-state index contributed by atoms with van der Waals surface area (Å²) >= 11 is 0. The van der Waals surface area contributed by atoms with Crippen LogP contribution < -0.4 is 5.32 Å². The van der Waals surface area contributed by atoms with E-state index in [9.17, 15) is 9.59 Å². The van der Waals surface area contributed by atoms with Crippen LogP contribution >= 0.6 is 0 Å². The van der Waals surface area contributed by atoms with Crippen LogP contribution in [0.2, 0.25) is 0 Å². The fraction of sp³-hybridized carbons (Fsp3) is 0.615. The average molecular weight is 268 g/mol. The van der Waals surface area contributed by atoms with Gasteiger partial charge in [0.25, 0.3) is 5.91 Å². The smallest absolute Gasteiger partial charge is 0.303 e. The molecule has 0 radical (unpaired) electrons. The summed E-state index contributed by atoms with van der Waals surface area (Å²) in [6.07, 6.45) is 1.29. The zero-order valence-electron chi connectivity index (χ0n) is 11.5. The first-order valence-electron chi connectivity index (χ1n) is 6.40. The highest BCUT2D eigenvalue weighted by molar-refractivity contribution is 5.96. The monoisotopic (exact) mass is 268 g/mol. The zero-order valence-corrected chi connectivity index (χ0v) is 11.5. The first kappa shape index (κ1) is 15.2. The Balaban J connectivity index is 2.51. The quantitative estimate of drug-likeness (QED) is 0.786. The van der Waals surface area contributed by atoms with E-state index in [-0.39, 0.29) is 18.2 Å². The van der Waals surface area contributed by atoms with Crippen molar-refractivity contribution in [3.63, 3.8) is 0 Å². The fourth-order valence-electron chi connectivity index (χ4n) is 1.78.